The Balaban J connectivity index is 1.96. The van der Waals surface area contributed by atoms with Crippen LogP contribution in [0.15, 0.2) is 22.7 Å². The predicted molar refractivity (Wildman–Crippen MR) is 71.1 cm³/mol. The highest BCUT2D eigenvalue weighted by molar-refractivity contribution is 9.10. The van der Waals surface area contributed by atoms with E-state index in [0.717, 1.165) is 25.2 Å². The van der Waals surface area contributed by atoms with Crippen LogP contribution in [0.5, 0.6) is 0 Å². The molecule has 2 atom stereocenters. The average molecular weight is 301 g/mol. The van der Waals surface area contributed by atoms with Gasteiger partial charge in [0.05, 0.1) is 4.47 Å². The van der Waals surface area contributed by atoms with Crippen LogP contribution in [-0.2, 0) is 6.54 Å². The summed E-state index contributed by atoms with van der Waals surface area (Å²) in [5, 5.41) is 0. The third-order valence-corrected chi connectivity index (χ3v) is 4.05. The molecular formula is C13H18BrFN2. The Kier molecular flexibility index (Phi) is 4.17. The molecule has 0 aliphatic carbocycles. The van der Waals surface area contributed by atoms with Crippen molar-refractivity contribution in [2.75, 3.05) is 13.1 Å². The molecule has 1 saturated heterocycles. The zero-order valence-electron chi connectivity index (χ0n) is 10.00. The molecule has 0 spiro atoms. The van der Waals surface area contributed by atoms with Crippen LogP contribution >= 0.6 is 15.9 Å². The minimum atomic E-state index is -0.205. The van der Waals surface area contributed by atoms with Gasteiger partial charge in [-0.15, -0.1) is 0 Å². The quantitative estimate of drug-likeness (QED) is 0.930. The normalized spacial score (nSPS) is 22.9. The molecule has 1 heterocycles. The predicted octanol–water partition coefficient (Wildman–Crippen LogP) is 2.76. The minimum absolute atomic E-state index is 0.205. The number of likely N-dealkylation sites (tertiary alicyclic amines) is 1. The molecule has 1 aromatic carbocycles. The molecule has 1 fully saturated rings. The summed E-state index contributed by atoms with van der Waals surface area (Å²) < 4.78 is 13.6. The number of rotatable bonds is 3. The first-order valence-corrected chi connectivity index (χ1v) is 6.77. The molecule has 2 unspecified atom stereocenters. The fraction of sp³-hybridized carbons (Fsp3) is 0.538. The van der Waals surface area contributed by atoms with Crippen molar-refractivity contribution in [1.29, 1.82) is 0 Å². The number of nitrogens with zero attached hydrogens (tertiary/aromatic N) is 1. The van der Waals surface area contributed by atoms with E-state index >= 15 is 0 Å². The topological polar surface area (TPSA) is 29.3 Å². The van der Waals surface area contributed by atoms with E-state index in [9.17, 15) is 4.39 Å². The van der Waals surface area contributed by atoms with Gasteiger partial charge in [-0.1, -0.05) is 6.07 Å². The van der Waals surface area contributed by atoms with Crippen LogP contribution < -0.4 is 5.73 Å². The van der Waals surface area contributed by atoms with Crippen molar-refractivity contribution >= 4 is 15.9 Å². The van der Waals surface area contributed by atoms with E-state index in [1.54, 1.807) is 0 Å². The van der Waals surface area contributed by atoms with Crippen molar-refractivity contribution in [2.45, 2.75) is 25.9 Å². The van der Waals surface area contributed by atoms with E-state index in [1.165, 1.54) is 12.5 Å². The van der Waals surface area contributed by atoms with Gasteiger partial charge < -0.3 is 5.73 Å². The van der Waals surface area contributed by atoms with E-state index in [4.69, 9.17) is 5.73 Å². The lowest BCUT2D eigenvalue weighted by Gasteiger charge is -2.18. The highest BCUT2D eigenvalue weighted by atomic mass is 79.9. The minimum Gasteiger partial charge on any atom is -0.328 e. The van der Waals surface area contributed by atoms with Crippen molar-refractivity contribution in [2.24, 2.45) is 11.7 Å². The van der Waals surface area contributed by atoms with E-state index in [0.29, 0.717) is 10.4 Å². The Labute approximate surface area is 110 Å². The highest BCUT2D eigenvalue weighted by Gasteiger charge is 2.24. The molecule has 2 rings (SSSR count). The lowest BCUT2D eigenvalue weighted by molar-refractivity contribution is 0.308. The van der Waals surface area contributed by atoms with Gasteiger partial charge in [0.2, 0.25) is 0 Å². The zero-order chi connectivity index (χ0) is 12.4. The second-order valence-electron chi connectivity index (χ2n) is 4.89. The largest absolute Gasteiger partial charge is 0.328 e. The molecule has 0 saturated carbocycles. The maximum atomic E-state index is 13.1. The van der Waals surface area contributed by atoms with Gasteiger partial charge in [0, 0.05) is 19.1 Å². The standard InChI is InChI=1S/C13H18BrFN2/c1-9(16)11-4-5-17(8-11)7-10-2-3-13(15)12(14)6-10/h2-3,6,9,11H,4-5,7-8,16H2,1H3. The molecule has 0 aromatic heterocycles. The second kappa shape index (κ2) is 5.46. The van der Waals surface area contributed by atoms with Gasteiger partial charge in [-0.2, -0.15) is 0 Å². The molecular weight excluding hydrogens is 283 g/mol. The van der Waals surface area contributed by atoms with Gasteiger partial charge in [0.15, 0.2) is 0 Å². The van der Waals surface area contributed by atoms with Crippen LogP contribution in [0.2, 0.25) is 0 Å². The van der Waals surface area contributed by atoms with Gasteiger partial charge in [-0.3, -0.25) is 4.90 Å². The van der Waals surface area contributed by atoms with E-state index < -0.39 is 0 Å². The van der Waals surface area contributed by atoms with E-state index in [2.05, 4.69) is 27.8 Å². The Morgan fingerprint density at radius 3 is 2.94 bits per heavy atom. The Hall–Kier alpha value is -0.450. The van der Waals surface area contributed by atoms with E-state index in [1.807, 2.05) is 12.1 Å². The van der Waals surface area contributed by atoms with Crippen molar-refractivity contribution < 1.29 is 4.39 Å². The fourth-order valence-corrected chi connectivity index (χ4v) is 2.76. The summed E-state index contributed by atoms with van der Waals surface area (Å²) >= 11 is 3.22. The third kappa shape index (κ3) is 3.27. The van der Waals surface area contributed by atoms with Gasteiger partial charge in [0.1, 0.15) is 5.82 Å². The fourth-order valence-electron chi connectivity index (χ4n) is 2.33. The lowest BCUT2D eigenvalue weighted by atomic mass is 10.0. The van der Waals surface area contributed by atoms with Crippen molar-refractivity contribution in [3.05, 3.63) is 34.1 Å². The molecule has 1 aliphatic heterocycles. The lowest BCUT2D eigenvalue weighted by Crippen LogP contribution is -2.29. The Morgan fingerprint density at radius 1 is 1.59 bits per heavy atom. The Morgan fingerprint density at radius 2 is 2.35 bits per heavy atom. The zero-order valence-corrected chi connectivity index (χ0v) is 11.6. The third-order valence-electron chi connectivity index (χ3n) is 3.44. The van der Waals surface area contributed by atoms with Gasteiger partial charge >= 0.3 is 0 Å². The number of benzene rings is 1. The van der Waals surface area contributed by atoms with E-state index in [-0.39, 0.29) is 11.9 Å². The first-order chi connectivity index (χ1) is 8.06. The van der Waals surface area contributed by atoms with Crippen LogP contribution in [0.1, 0.15) is 18.9 Å². The van der Waals surface area contributed by atoms with Crippen LogP contribution in [0, 0.1) is 11.7 Å². The summed E-state index contributed by atoms with van der Waals surface area (Å²) in [5.41, 5.74) is 7.06. The summed E-state index contributed by atoms with van der Waals surface area (Å²) in [7, 11) is 0. The summed E-state index contributed by atoms with van der Waals surface area (Å²) in [4.78, 5) is 2.38. The number of halogens is 2. The second-order valence-corrected chi connectivity index (χ2v) is 5.75. The van der Waals surface area contributed by atoms with Crippen LogP contribution in [0.3, 0.4) is 0 Å². The molecule has 0 amide bonds. The molecule has 1 aromatic rings. The van der Waals surface area contributed by atoms with Crippen molar-refractivity contribution in [3.63, 3.8) is 0 Å². The first kappa shape index (κ1) is 13.0. The Bertz CT molecular complexity index is 395. The maximum Gasteiger partial charge on any atom is 0.137 e. The first-order valence-electron chi connectivity index (χ1n) is 5.98. The monoisotopic (exact) mass is 300 g/mol. The summed E-state index contributed by atoms with van der Waals surface area (Å²) in [6.07, 6.45) is 1.17. The molecule has 2 N–H and O–H groups in total. The summed E-state index contributed by atoms with van der Waals surface area (Å²) in [6, 6.07) is 5.48. The highest BCUT2D eigenvalue weighted by Crippen LogP contribution is 2.22. The van der Waals surface area contributed by atoms with Crippen LogP contribution in [0.4, 0.5) is 4.39 Å². The molecule has 0 radical (unpaired) electrons. The van der Waals surface area contributed by atoms with Crippen LogP contribution in [-0.4, -0.2) is 24.0 Å². The van der Waals surface area contributed by atoms with Crippen molar-refractivity contribution in [3.8, 4) is 0 Å². The molecule has 4 heteroatoms. The summed E-state index contributed by atoms with van der Waals surface area (Å²) in [5.74, 6) is 0.391. The molecule has 94 valence electrons. The van der Waals surface area contributed by atoms with Gasteiger partial charge in [-0.25, -0.2) is 4.39 Å². The number of hydrogen-bond acceptors (Lipinski definition) is 2. The average Bonchev–Trinajstić information content (AvgIpc) is 2.72. The number of hydrogen-bond donors (Lipinski definition) is 1. The smallest absolute Gasteiger partial charge is 0.137 e. The van der Waals surface area contributed by atoms with Gasteiger partial charge in [-0.05, 0) is 59.4 Å². The number of nitrogens with two attached hydrogens (primary N) is 1. The van der Waals surface area contributed by atoms with Crippen LogP contribution in [0.25, 0.3) is 0 Å². The molecule has 17 heavy (non-hydrogen) atoms. The molecule has 2 nitrogen and oxygen atoms in total. The van der Waals surface area contributed by atoms with Gasteiger partial charge in [0.25, 0.3) is 0 Å². The van der Waals surface area contributed by atoms with Crippen molar-refractivity contribution in [1.82, 2.24) is 4.90 Å². The molecule has 1 aliphatic rings. The summed E-state index contributed by atoms with van der Waals surface area (Å²) in [6.45, 7) is 5.08. The SMILES string of the molecule is CC(N)C1CCN(Cc2ccc(F)c(Br)c2)C1. The maximum absolute atomic E-state index is 13.1. The molecule has 0 bridgehead atoms.